The monoisotopic (exact) mass is 374 g/mol. The molecule has 3 aliphatic heterocycles. The molecule has 0 N–H and O–H groups in total. The minimum Gasteiger partial charge on any atom is -0.463 e. The highest BCUT2D eigenvalue weighted by Crippen LogP contribution is 2.33. The smallest absolute Gasteiger partial charge is 0.376 e. The Kier molecular flexibility index (Phi) is 3.79. The normalized spacial score (nSPS) is 17.0. The van der Waals surface area contributed by atoms with Gasteiger partial charge in [0.1, 0.15) is 5.71 Å². The van der Waals surface area contributed by atoms with Crippen LogP contribution >= 0.6 is 0 Å². The van der Waals surface area contributed by atoms with Gasteiger partial charge in [-0.15, -0.1) is 0 Å². The second-order valence-corrected chi connectivity index (χ2v) is 6.41. The Labute approximate surface area is 160 Å². The molecule has 0 unspecified atom stereocenters. The van der Waals surface area contributed by atoms with E-state index in [4.69, 9.17) is 19.2 Å². The summed E-state index contributed by atoms with van der Waals surface area (Å²) in [5.41, 5.74) is 3.72. The minimum atomic E-state index is -0.433. The molecular weight excluding hydrogens is 358 g/mol. The average molecular weight is 374 g/mol. The van der Waals surface area contributed by atoms with Gasteiger partial charge >= 0.3 is 11.8 Å². The number of allylic oxidation sites excluding steroid dienone is 1. The van der Waals surface area contributed by atoms with Gasteiger partial charge in [-0.3, -0.25) is 0 Å². The summed E-state index contributed by atoms with van der Waals surface area (Å²) in [6.07, 6.45) is 2.17. The van der Waals surface area contributed by atoms with Crippen molar-refractivity contribution in [2.45, 2.75) is 6.42 Å². The van der Waals surface area contributed by atoms with E-state index in [1.54, 1.807) is 4.68 Å². The summed E-state index contributed by atoms with van der Waals surface area (Å²) in [4.78, 5) is 17.2. The van der Waals surface area contributed by atoms with Crippen LogP contribution in [0, 0.1) is 0 Å². The van der Waals surface area contributed by atoms with Crippen LogP contribution in [0.1, 0.15) is 17.5 Å². The maximum atomic E-state index is 12.4. The van der Waals surface area contributed by atoms with Crippen LogP contribution in [0.25, 0.3) is 0 Å². The Morgan fingerprint density at radius 1 is 1.07 bits per heavy atom. The molecule has 138 valence electrons. The lowest BCUT2D eigenvalue weighted by Gasteiger charge is -2.10. The molecule has 0 atom stereocenters. The molecule has 2 aromatic carbocycles. The van der Waals surface area contributed by atoms with E-state index >= 15 is 0 Å². The number of esters is 1. The molecule has 0 bridgehead atoms. The van der Waals surface area contributed by atoms with E-state index < -0.39 is 5.97 Å². The summed E-state index contributed by atoms with van der Waals surface area (Å²) in [5, 5.41) is 4.58. The Balaban J connectivity index is 1.58. The van der Waals surface area contributed by atoms with Crippen LogP contribution in [-0.2, 0) is 9.53 Å². The first-order valence-electron chi connectivity index (χ1n) is 8.80. The topological polar surface area (TPSA) is 72.5 Å². The Hall–Kier alpha value is -3.74. The number of benzene rings is 2. The van der Waals surface area contributed by atoms with Gasteiger partial charge in [-0.25, -0.2) is 4.79 Å². The molecule has 5 rings (SSSR count). The van der Waals surface area contributed by atoms with Gasteiger partial charge < -0.3 is 14.2 Å². The average Bonchev–Trinajstić information content (AvgIpc) is 3.39. The third-order valence-corrected chi connectivity index (χ3v) is 4.73. The van der Waals surface area contributed by atoms with Crippen molar-refractivity contribution in [1.82, 2.24) is 0 Å². The molecular formula is C21H16N3O4+. The lowest BCUT2D eigenvalue weighted by molar-refractivity contribution is -0.480. The van der Waals surface area contributed by atoms with Gasteiger partial charge in [-0.2, -0.15) is 0 Å². The number of methoxy groups -OCH3 is 1. The predicted octanol–water partition coefficient (Wildman–Crippen LogP) is 2.49. The van der Waals surface area contributed by atoms with Crippen LogP contribution in [-0.4, -0.2) is 41.7 Å². The van der Waals surface area contributed by atoms with Crippen LogP contribution in [0.4, 0.5) is 0 Å². The molecule has 3 heterocycles. The lowest BCUT2D eigenvalue weighted by Crippen LogP contribution is -2.31. The summed E-state index contributed by atoms with van der Waals surface area (Å²) in [6, 6.07) is 15.4. The van der Waals surface area contributed by atoms with Crippen molar-refractivity contribution in [2.75, 3.05) is 13.9 Å². The molecule has 0 amide bonds. The number of ether oxygens (including phenoxy) is 3. The zero-order valence-electron chi connectivity index (χ0n) is 15.1. The number of hydrogen-bond acceptors (Lipinski definition) is 6. The lowest BCUT2D eigenvalue weighted by atomic mass is 10.0. The molecule has 2 aromatic rings. The van der Waals surface area contributed by atoms with E-state index in [9.17, 15) is 4.79 Å². The molecule has 0 saturated heterocycles. The summed E-state index contributed by atoms with van der Waals surface area (Å²) in [5.74, 6) is 1.52. The van der Waals surface area contributed by atoms with Crippen LogP contribution in [0.15, 0.2) is 70.5 Å². The number of aliphatic imine (C=N–C) groups is 1. The Bertz CT molecular complexity index is 1110. The number of rotatable bonds is 3. The molecule has 0 fully saturated rings. The zero-order valence-corrected chi connectivity index (χ0v) is 15.1. The highest BCUT2D eigenvalue weighted by atomic mass is 16.7. The van der Waals surface area contributed by atoms with Crippen molar-refractivity contribution < 1.29 is 23.7 Å². The van der Waals surface area contributed by atoms with Crippen molar-refractivity contribution >= 4 is 23.1 Å². The quantitative estimate of drug-likeness (QED) is 0.611. The third kappa shape index (κ3) is 2.68. The van der Waals surface area contributed by atoms with E-state index in [2.05, 4.69) is 5.10 Å². The van der Waals surface area contributed by atoms with E-state index in [1.807, 2.05) is 54.6 Å². The highest BCUT2D eigenvalue weighted by Gasteiger charge is 2.37. The van der Waals surface area contributed by atoms with Gasteiger partial charge in [-0.1, -0.05) is 40.1 Å². The van der Waals surface area contributed by atoms with Crippen LogP contribution in [0.5, 0.6) is 11.5 Å². The largest absolute Gasteiger partial charge is 0.463 e. The Morgan fingerprint density at radius 2 is 1.89 bits per heavy atom. The van der Waals surface area contributed by atoms with Gasteiger partial charge in [-0.05, 0) is 23.2 Å². The Morgan fingerprint density at radius 3 is 2.71 bits per heavy atom. The van der Waals surface area contributed by atoms with Crippen molar-refractivity contribution in [3.05, 3.63) is 71.6 Å². The van der Waals surface area contributed by atoms with Crippen molar-refractivity contribution in [3.8, 4) is 11.5 Å². The number of carbonyl (C=O) groups is 1. The predicted molar refractivity (Wildman–Crippen MR) is 102 cm³/mol. The SMILES string of the molecule is COC(=O)C1=[N+]2N=C(c3ccccc3)C=C2N=C(c2ccc3c(c2)OCO3)C1. The van der Waals surface area contributed by atoms with E-state index in [0.717, 1.165) is 22.6 Å². The molecule has 3 aliphatic rings. The fourth-order valence-corrected chi connectivity index (χ4v) is 3.33. The third-order valence-electron chi connectivity index (χ3n) is 4.73. The summed E-state index contributed by atoms with van der Waals surface area (Å²) < 4.78 is 17.4. The van der Waals surface area contributed by atoms with E-state index in [0.29, 0.717) is 29.5 Å². The maximum Gasteiger partial charge on any atom is 0.376 e. The standard InChI is InChI=1S/C21H16N3O4/c1-26-21(25)17-10-15(14-7-8-18-19(9-14)28-12-27-18)22-20-11-16(23-24(17)20)13-5-3-2-4-6-13/h2-9,11H,10,12H2,1H3/q+1. The summed E-state index contributed by atoms with van der Waals surface area (Å²) >= 11 is 0. The fourth-order valence-electron chi connectivity index (χ4n) is 3.33. The molecule has 0 aliphatic carbocycles. The number of hydrazone groups is 1. The molecule has 0 aromatic heterocycles. The fraction of sp³-hybridized carbons (Fsp3) is 0.143. The highest BCUT2D eigenvalue weighted by molar-refractivity contribution is 6.39. The zero-order chi connectivity index (χ0) is 19.1. The number of carbonyl (C=O) groups excluding carboxylic acids is 1. The first-order chi connectivity index (χ1) is 13.7. The first kappa shape index (κ1) is 16.4. The molecule has 0 radical (unpaired) electrons. The van der Waals surface area contributed by atoms with Gasteiger partial charge in [0.15, 0.2) is 17.2 Å². The molecule has 28 heavy (non-hydrogen) atoms. The van der Waals surface area contributed by atoms with Crippen molar-refractivity contribution in [3.63, 3.8) is 0 Å². The number of hydrogen-bond donors (Lipinski definition) is 0. The number of nitrogens with zero attached hydrogens (tertiary/aromatic N) is 3. The molecule has 0 saturated carbocycles. The van der Waals surface area contributed by atoms with Crippen molar-refractivity contribution in [1.29, 1.82) is 0 Å². The summed E-state index contributed by atoms with van der Waals surface area (Å²) in [7, 11) is 1.36. The second kappa shape index (κ2) is 6.45. The van der Waals surface area contributed by atoms with Crippen LogP contribution in [0.2, 0.25) is 0 Å². The van der Waals surface area contributed by atoms with E-state index in [1.165, 1.54) is 7.11 Å². The maximum absolute atomic E-state index is 12.4. The minimum absolute atomic E-state index is 0.206. The molecule has 7 nitrogen and oxygen atoms in total. The first-order valence-corrected chi connectivity index (χ1v) is 8.80. The van der Waals surface area contributed by atoms with Crippen molar-refractivity contribution in [2.24, 2.45) is 10.1 Å². The van der Waals surface area contributed by atoms with Gasteiger partial charge in [0.05, 0.1) is 19.6 Å². The van der Waals surface area contributed by atoms with E-state index in [-0.39, 0.29) is 6.79 Å². The van der Waals surface area contributed by atoms with Gasteiger partial charge in [0.25, 0.3) is 0 Å². The summed E-state index contributed by atoms with van der Waals surface area (Å²) in [6.45, 7) is 0.206. The number of fused-ring (bicyclic) bond motifs is 2. The second-order valence-electron chi connectivity index (χ2n) is 6.41. The van der Waals surface area contributed by atoms with Crippen LogP contribution in [0.3, 0.4) is 0 Å². The van der Waals surface area contributed by atoms with Gasteiger partial charge in [0.2, 0.25) is 12.5 Å². The molecule has 7 heteroatoms. The van der Waals surface area contributed by atoms with Crippen LogP contribution < -0.4 is 9.47 Å². The molecule has 0 spiro atoms. The van der Waals surface area contributed by atoms with Gasteiger partial charge in [0, 0.05) is 11.1 Å².